The number of benzene rings is 1. The van der Waals surface area contributed by atoms with E-state index in [1.165, 1.54) is 5.56 Å². The average molecular weight is 260 g/mol. The van der Waals surface area contributed by atoms with Crippen LogP contribution >= 0.6 is 0 Å². The lowest BCUT2D eigenvalue weighted by atomic mass is 10.1. The summed E-state index contributed by atoms with van der Waals surface area (Å²) in [6.45, 7) is 5.35. The standard InChI is InChI=1S/C15H20N2O2/c1-3-17-11-13(10-16-17)15(18)7-8-19-14-6-4-5-12(2)9-14/h4-6,9-11,15,18H,3,7-8H2,1-2H3. The van der Waals surface area contributed by atoms with Gasteiger partial charge in [-0.1, -0.05) is 12.1 Å². The van der Waals surface area contributed by atoms with Gasteiger partial charge in [-0.25, -0.2) is 0 Å². The van der Waals surface area contributed by atoms with E-state index >= 15 is 0 Å². The highest BCUT2D eigenvalue weighted by atomic mass is 16.5. The van der Waals surface area contributed by atoms with E-state index in [0.29, 0.717) is 13.0 Å². The number of aromatic nitrogens is 2. The van der Waals surface area contributed by atoms with Gasteiger partial charge >= 0.3 is 0 Å². The lowest BCUT2D eigenvalue weighted by Crippen LogP contribution is -2.05. The first-order chi connectivity index (χ1) is 9.19. The highest BCUT2D eigenvalue weighted by Crippen LogP contribution is 2.17. The zero-order chi connectivity index (χ0) is 13.7. The minimum absolute atomic E-state index is 0.488. The number of aliphatic hydroxyl groups excluding tert-OH is 1. The van der Waals surface area contributed by atoms with Crippen LogP contribution in [0.4, 0.5) is 0 Å². The van der Waals surface area contributed by atoms with Crippen molar-refractivity contribution < 1.29 is 9.84 Å². The minimum atomic E-state index is -0.523. The molecule has 4 heteroatoms. The van der Waals surface area contributed by atoms with Gasteiger partial charge < -0.3 is 9.84 Å². The Bertz CT molecular complexity index is 522. The molecule has 4 nitrogen and oxygen atoms in total. The van der Waals surface area contributed by atoms with Crippen LogP contribution in [0.2, 0.25) is 0 Å². The van der Waals surface area contributed by atoms with E-state index in [2.05, 4.69) is 5.10 Å². The maximum atomic E-state index is 10.0. The Labute approximate surface area is 113 Å². The maximum absolute atomic E-state index is 10.0. The van der Waals surface area contributed by atoms with E-state index in [1.54, 1.807) is 10.9 Å². The number of ether oxygens (including phenoxy) is 1. The van der Waals surface area contributed by atoms with Crippen molar-refractivity contribution in [2.24, 2.45) is 0 Å². The molecule has 2 aromatic rings. The molecule has 1 aromatic heterocycles. The van der Waals surface area contributed by atoms with E-state index in [1.807, 2.05) is 44.3 Å². The molecule has 1 unspecified atom stereocenters. The predicted molar refractivity (Wildman–Crippen MR) is 74.2 cm³/mol. The van der Waals surface area contributed by atoms with Crippen molar-refractivity contribution in [3.8, 4) is 5.75 Å². The molecule has 0 aliphatic heterocycles. The van der Waals surface area contributed by atoms with Gasteiger partial charge in [-0.2, -0.15) is 5.10 Å². The Kier molecular flexibility index (Phi) is 4.58. The molecule has 0 spiro atoms. The number of rotatable bonds is 6. The second-order valence-corrected chi connectivity index (χ2v) is 4.60. The Morgan fingerprint density at radius 2 is 2.26 bits per heavy atom. The largest absolute Gasteiger partial charge is 0.493 e. The molecule has 1 atom stereocenters. The van der Waals surface area contributed by atoms with Crippen molar-refractivity contribution in [2.75, 3.05) is 6.61 Å². The molecule has 0 amide bonds. The predicted octanol–water partition coefficient (Wildman–Crippen LogP) is 2.71. The Balaban J connectivity index is 1.82. The summed E-state index contributed by atoms with van der Waals surface area (Å²) in [7, 11) is 0. The van der Waals surface area contributed by atoms with Crippen molar-refractivity contribution in [3.63, 3.8) is 0 Å². The van der Waals surface area contributed by atoms with Gasteiger partial charge in [0.25, 0.3) is 0 Å². The molecular weight excluding hydrogens is 240 g/mol. The molecule has 2 rings (SSSR count). The highest BCUT2D eigenvalue weighted by Gasteiger charge is 2.10. The Morgan fingerprint density at radius 1 is 1.42 bits per heavy atom. The van der Waals surface area contributed by atoms with Crippen molar-refractivity contribution in [2.45, 2.75) is 32.9 Å². The quantitative estimate of drug-likeness (QED) is 0.868. The summed E-state index contributed by atoms with van der Waals surface area (Å²) < 4.78 is 7.43. The van der Waals surface area contributed by atoms with Crippen LogP contribution in [0.1, 0.15) is 30.6 Å². The van der Waals surface area contributed by atoms with Gasteiger partial charge in [0.1, 0.15) is 5.75 Å². The second-order valence-electron chi connectivity index (χ2n) is 4.60. The molecule has 0 saturated heterocycles. The molecular formula is C15H20N2O2. The summed E-state index contributed by atoms with van der Waals surface area (Å²) in [5.74, 6) is 0.844. The summed E-state index contributed by atoms with van der Waals surface area (Å²) in [6.07, 6.45) is 3.62. The summed E-state index contributed by atoms with van der Waals surface area (Å²) in [5, 5.41) is 14.2. The first-order valence-corrected chi connectivity index (χ1v) is 6.59. The monoisotopic (exact) mass is 260 g/mol. The molecule has 1 aromatic carbocycles. The van der Waals surface area contributed by atoms with Gasteiger partial charge in [0.05, 0.1) is 18.9 Å². The van der Waals surface area contributed by atoms with Gasteiger partial charge in [0.2, 0.25) is 0 Å². The van der Waals surface area contributed by atoms with Gasteiger partial charge in [-0.3, -0.25) is 4.68 Å². The van der Waals surface area contributed by atoms with Gasteiger partial charge in [0.15, 0.2) is 0 Å². The van der Waals surface area contributed by atoms with E-state index < -0.39 is 6.10 Å². The van der Waals surface area contributed by atoms with Crippen molar-refractivity contribution in [3.05, 3.63) is 47.8 Å². The molecule has 1 N–H and O–H groups in total. The Morgan fingerprint density at radius 3 is 2.95 bits per heavy atom. The van der Waals surface area contributed by atoms with Gasteiger partial charge in [-0.15, -0.1) is 0 Å². The van der Waals surface area contributed by atoms with Crippen LogP contribution in [0.3, 0.4) is 0 Å². The molecule has 0 saturated carbocycles. The molecule has 1 heterocycles. The van der Waals surface area contributed by atoms with Gasteiger partial charge in [0, 0.05) is 24.7 Å². The fraction of sp³-hybridized carbons (Fsp3) is 0.400. The number of aryl methyl sites for hydroxylation is 2. The average Bonchev–Trinajstić information content (AvgIpc) is 2.87. The van der Waals surface area contributed by atoms with Gasteiger partial charge in [-0.05, 0) is 31.5 Å². The van der Waals surface area contributed by atoms with Crippen molar-refractivity contribution in [1.29, 1.82) is 0 Å². The zero-order valence-corrected chi connectivity index (χ0v) is 11.4. The fourth-order valence-electron chi connectivity index (χ4n) is 1.88. The SMILES string of the molecule is CCn1cc(C(O)CCOc2cccc(C)c2)cn1. The number of hydrogen-bond acceptors (Lipinski definition) is 3. The van der Waals surface area contributed by atoms with E-state index in [-0.39, 0.29) is 0 Å². The Hall–Kier alpha value is -1.81. The van der Waals surface area contributed by atoms with Crippen molar-refractivity contribution >= 4 is 0 Å². The van der Waals surface area contributed by atoms with Crippen LogP contribution in [-0.2, 0) is 6.54 Å². The number of hydrogen-bond donors (Lipinski definition) is 1. The van der Waals surface area contributed by atoms with E-state index in [4.69, 9.17) is 4.74 Å². The molecule has 19 heavy (non-hydrogen) atoms. The third kappa shape index (κ3) is 3.83. The summed E-state index contributed by atoms with van der Waals surface area (Å²) in [6, 6.07) is 7.91. The van der Waals surface area contributed by atoms with E-state index in [0.717, 1.165) is 17.9 Å². The first kappa shape index (κ1) is 13.6. The van der Waals surface area contributed by atoms with Crippen LogP contribution in [0.5, 0.6) is 5.75 Å². The van der Waals surface area contributed by atoms with Crippen LogP contribution in [0.15, 0.2) is 36.7 Å². The molecule has 0 aliphatic rings. The molecule has 0 radical (unpaired) electrons. The molecule has 0 bridgehead atoms. The molecule has 102 valence electrons. The fourth-order valence-corrected chi connectivity index (χ4v) is 1.88. The lowest BCUT2D eigenvalue weighted by molar-refractivity contribution is 0.140. The van der Waals surface area contributed by atoms with Crippen LogP contribution in [0, 0.1) is 6.92 Å². The second kappa shape index (κ2) is 6.38. The summed E-state index contributed by atoms with van der Waals surface area (Å²) in [5.41, 5.74) is 2.01. The topological polar surface area (TPSA) is 47.3 Å². The third-order valence-electron chi connectivity index (χ3n) is 3.01. The van der Waals surface area contributed by atoms with Crippen LogP contribution in [0.25, 0.3) is 0 Å². The minimum Gasteiger partial charge on any atom is -0.493 e. The smallest absolute Gasteiger partial charge is 0.119 e. The van der Waals surface area contributed by atoms with Crippen LogP contribution < -0.4 is 4.74 Å². The number of nitrogens with zero attached hydrogens (tertiary/aromatic N) is 2. The first-order valence-electron chi connectivity index (χ1n) is 6.59. The lowest BCUT2D eigenvalue weighted by Gasteiger charge is -2.10. The summed E-state index contributed by atoms with van der Waals surface area (Å²) >= 11 is 0. The highest BCUT2D eigenvalue weighted by molar-refractivity contribution is 5.27. The van der Waals surface area contributed by atoms with Crippen molar-refractivity contribution in [1.82, 2.24) is 9.78 Å². The normalized spacial score (nSPS) is 12.4. The van der Waals surface area contributed by atoms with E-state index in [9.17, 15) is 5.11 Å². The van der Waals surface area contributed by atoms with Crippen LogP contribution in [-0.4, -0.2) is 21.5 Å². The molecule has 0 fully saturated rings. The maximum Gasteiger partial charge on any atom is 0.119 e. The summed E-state index contributed by atoms with van der Waals surface area (Å²) in [4.78, 5) is 0. The third-order valence-corrected chi connectivity index (χ3v) is 3.01. The molecule has 0 aliphatic carbocycles. The zero-order valence-electron chi connectivity index (χ0n) is 11.4. The number of aliphatic hydroxyl groups is 1.